The van der Waals surface area contributed by atoms with Crippen LogP contribution in [0.15, 0.2) is 29.0 Å². The molecule has 3 aliphatic heterocycles. The van der Waals surface area contributed by atoms with Crippen molar-refractivity contribution in [3.8, 4) is 11.3 Å². The molecule has 5 heterocycles. The van der Waals surface area contributed by atoms with Crippen molar-refractivity contribution in [3.05, 3.63) is 29.0 Å². The predicted molar refractivity (Wildman–Crippen MR) is 82.1 cm³/mol. The molecular weight excluding hydrogens is 268 g/mol. The average molecular weight is 286 g/mol. The highest BCUT2D eigenvalue weighted by atomic mass is 32.1. The molecule has 3 aliphatic rings. The molecule has 5 heteroatoms. The fourth-order valence-electron chi connectivity index (χ4n) is 3.27. The third-order valence-electron chi connectivity index (χ3n) is 4.38. The van der Waals surface area contributed by atoms with Gasteiger partial charge in [-0.05, 0) is 49.4 Å². The number of anilines is 1. The van der Waals surface area contributed by atoms with E-state index in [1.54, 1.807) is 11.3 Å². The van der Waals surface area contributed by atoms with Crippen LogP contribution in [0.1, 0.15) is 19.3 Å². The highest BCUT2D eigenvalue weighted by Crippen LogP contribution is 2.28. The molecule has 2 atom stereocenters. The molecule has 2 aromatic rings. The first-order valence-electron chi connectivity index (χ1n) is 7.26. The van der Waals surface area contributed by atoms with E-state index in [4.69, 9.17) is 0 Å². The molecule has 2 unspecified atom stereocenters. The molecule has 0 aliphatic carbocycles. The molecule has 2 bridgehead atoms. The Morgan fingerprint density at radius 1 is 1.15 bits per heavy atom. The van der Waals surface area contributed by atoms with Gasteiger partial charge in [0.1, 0.15) is 0 Å². The summed E-state index contributed by atoms with van der Waals surface area (Å²) in [4.78, 5) is 2.44. The Hall–Kier alpha value is -1.46. The van der Waals surface area contributed by atoms with Crippen LogP contribution in [-0.4, -0.2) is 35.4 Å². The molecule has 5 rings (SSSR count). The third kappa shape index (κ3) is 2.21. The van der Waals surface area contributed by atoms with Gasteiger partial charge in [0.25, 0.3) is 0 Å². The summed E-state index contributed by atoms with van der Waals surface area (Å²) in [6, 6.07) is 7.55. The number of nitrogens with one attached hydrogen (secondary N) is 1. The number of nitrogens with zero attached hydrogens (tertiary/aromatic N) is 3. The zero-order valence-electron chi connectivity index (χ0n) is 11.3. The van der Waals surface area contributed by atoms with Crippen molar-refractivity contribution in [2.45, 2.75) is 31.3 Å². The molecule has 0 amide bonds. The van der Waals surface area contributed by atoms with Gasteiger partial charge in [0.15, 0.2) is 5.82 Å². The molecule has 0 saturated carbocycles. The monoisotopic (exact) mass is 286 g/mol. The third-order valence-corrected chi connectivity index (χ3v) is 5.06. The van der Waals surface area contributed by atoms with Crippen LogP contribution < -0.4 is 10.2 Å². The van der Waals surface area contributed by atoms with Gasteiger partial charge in [-0.1, -0.05) is 0 Å². The predicted octanol–water partition coefficient (Wildman–Crippen LogP) is 2.54. The van der Waals surface area contributed by atoms with E-state index >= 15 is 0 Å². The van der Waals surface area contributed by atoms with E-state index in [0.717, 1.165) is 30.2 Å². The van der Waals surface area contributed by atoms with E-state index in [2.05, 4.69) is 49.4 Å². The lowest BCUT2D eigenvalue weighted by atomic mass is 9.99. The zero-order valence-corrected chi connectivity index (χ0v) is 12.1. The number of piperidine rings is 1. The van der Waals surface area contributed by atoms with Gasteiger partial charge in [0.2, 0.25) is 0 Å². The first-order valence-corrected chi connectivity index (χ1v) is 8.21. The second-order valence-corrected chi connectivity index (χ2v) is 6.39. The van der Waals surface area contributed by atoms with Gasteiger partial charge in [0.05, 0.1) is 5.69 Å². The van der Waals surface area contributed by atoms with E-state index in [1.165, 1.54) is 19.3 Å². The SMILES string of the molecule is c1cc(-c2ccc(N3CC4CCC3CCN4)nn2)cs1. The molecule has 3 saturated heterocycles. The Kier molecular flexibility index (Phi) is 3.16. The molecule has 104 valence electrons. The van der Waals surface area contributed by atoms with Crippen molar-refractivity contribution < 1.29 is 0 Å². The lowest BCUT2D eigenvalue weighted by molar-refractivity contribution is 0.426. The van der Waals surface area contributed by atoms with Crippen molar-refractivity contribution in [2.75, 3.05) is 18.0 Å². The highest BCUT2D eigenvalue weighted by Gasteiger charge is 2.31. The quantitative estimate of drug-likeness (QED) is 0.921. The molecule has 0 aromatic carbocycles. The van der Waals surface area contributed by atoms with Gasteiger partial charge < -0.3 is 10.2 Å². The summed E-state index contributed by atoms with van der Waals surface area (Å²) in [7, 11) is 0. The minimum Gasteiger partial charge on any atom is -0.351 e. The Balaban J connectivity index is 1.59. The largest absolute Gasteiger partial charge is 0.351 e. The molecule has 0 radical (unpaired) electrons. The fraction of sp³-hybridized carbons (Fsp3) is 0.467. The van der Waals surface area contributed by atoms with Crippen LogP contribution in [0, 0.1) is 0 Å². The normalized spacial score (nSPS) is 25.7. The topological polar surface area (TPSA) is 41.0 Å². The summed E-state index contributed by atoms with van der Waals surface area (Å²) in [6.45, 7) is 2.20. The minimum atomic E-state index is 0.618. The number of fused-ring (bicyclic) bond motifs is 4. The molecule has 3 fully saturated rings. The second kappa shape index (κ2) is 5.14. The van der Waals surface area contributed by atoms with Crippen LogP contribution >= 0.6 is 11.3 Å². The maximum absolute atomic E-state index is 4.47. The summed E-state index contributed by atoms with van der Waals surface area (Å²) >= 11 is 1.69. The summed E-state index contributed by atoms with van der Waals surface area (Å²) in [5.41, 5.74) is 2.13. The van der Waals surface area contributed by atoms with Crippen LogP contribution in [0.2, 0.25) is 0 Å². The van der Waals surface area contributed by atoms with Gasteiger partial charge in [-0.3, -0.25) is 0 Å². The van der Waals surface area contributed by atoms with E-state index in [1.807, 2.05) is 0 Å². The van der Waals surface area contributed by atoms with Gasteiger partial charge in [-0.25, -0.2) is 0 Å². The zero-order chi connectivity index (χ0) is 13.4. The van der Waals surface area contributed by atoms with Crippen molar-refractivity contribution >= 4 is 17.2 Å². The van der Waals surface area contributed by atoms with Crippen molar-refractivity contribution in [3.63, 3.8) is 0 Å². The average Bonchev–Trinajstić information content (AvgIpc) is 2.85. The first kappa shape index (κ1) is 12.3. The number of rotatable bonds is 2. The molecule has 2 aromatic heterocycles. The van der Waals surface area contributed by atoms with E-state index in [9.17, 15) is 0 Å². The van der Waals surface area contributed by atoms with Gasteiger partial charge in [-0.15, -0.1) is 10.2 Å². The number of aromatic nitrogens is 2. The smallest absolute Gasteiger partial charge is 0.151 e. The highest BCUT2D eigenvalue weighted by molar-refractivity contribution is 7.08. The Labute approximate surface area is 122 Å². The van der Waals surface area contributed by atoms with E-state index in [0.29, 0.717) is 12.1 Å². The summed E-state index contributed by atoms with van der Waals surface area (Å²) in [5, 5.41) is 16.7. The van der Waals surface area contributed by atoms with Crippen molar-refractivity contribution in [1.82, 2.24) is 15.5 Å². The molecule has 0 spiro atoms. The first-order chi connectivity index (χ1) is 9.90. The van der Waals surface area contributed by atoms with Crippen LogP contribution in [0.5, 0.6) is 0 Å². The molecular formula is C15H18N4S. The summed E-state index contributed by atoms with van der Waals surface area (Å²) in [5.74, 6) is 1.03. The summed E-state index contributed by atoms with van der Waals surface area (Å²) in [6.07, 6.45) is 3.78. The number of hydrogen-bond acceptors (Lipinski definition) is 5. The van der Waals surface area contributed by atoms with E-state index < -0.39 is 0 Å². The molecule has 4 nitrogen and oxygen atoms in total. The van der Waals surface area contributed by atoms with Gasteiger partial charge in [0, 0.05) is 29.6 Å². The minimum absolute atomic E-state index is 0.618. The summed E-state index contributed by atoms with van der Waals surface area (Å²) < 4.78 is 0. The van der Waals surface area contributed by atoms with Crippen LogP contribution in [0.3, 0.4) is 0 Å². The van der Waals surface area contributed by atoms with Crippen molar-refractivity contribution in [1.29, 1.82) is 0 Å². The van der Waals surface area contributed by atoms with Gasteiger partial charge in [-0.2, -0.15) is 11.3 Å². The molecule has 1 N–H and O–H groups in total. The Morgan fingerprint density at radius 2 is 2.15 bits per heavy atom. The van der Waals surface area contributed by atoms with E-state index in [-0.39, 0.29) is 0 Å². The lowest BCUT2D eigenvalue weighted by Gasteiger charge is -2.37. The molecule has 20 heavy (non-hydrogen) atoms. The number of thiophene rings is 1. The standard InChI is InChI=1S/C15H18N4S/c1-2-13-5-7-16-12(1)9-19(13)15-4-3-14(17-18-15)11-6-8-20-10-11/h3-4,6,8,10,12-13,16H,1-2,5,7,9H2. The Bertz CT molecular complexity index is 562. The fourth-order valence-corrected chi connectivity index (χ4v) is 3.92. The number of hydrogen-bond donors (Lipinski definition) is 1. The maximum Gasteiger partial charge on any atom is 0.151 e. The van der Waals surface area contributed by atoms with Crippen LogP contribution in [0.4, 0.5) is 5.82 Å². The maximum atomic E-state index is 4.47. The van der Waals surface area contributed by atoms with Gasteiger partial charge >= 0.3 is 0 Å². The Morgan fingerprint density at radius 3 is 2.95 bits per heavy atom. The lowest BCUT2D eigenvalue weighted by Crippen LogP contribution is -2.46. The van der Waals surface area contributed by atoms with Crippen molar-refractivity contribution in [2.24, 2.45) is 0 Å². The van der Waals surface area contributed by atoms with Crippen LogP contribution in [-0.2, 0) is 0 Å². The van der Waals surface area contributed by atoms with Crippen LogP contribution in [0.25, 0.3) is 11.3 Å². The second-order valence-electron chi connectivity index (χ2n) is 5.61.